The van der Waals surface area contributed by atoms with Gasteiger partial charge in [-0.1, -0.05) is 84.6 Å². The molecule has 0 amide bonds. The van der Waals surface area contributed by atoms with Crippen molar-refractivity contribution in [3.05, 3.63) is 157 Å². The predicted molar refractivity (Wildman–Crippen MR) is 215 cm³/mol. The minimum atomic E-state index is -3.75. The van der Waals surface area contributed by atoms with Gasteiger partial charge in [-0.2, -0.15) is 0 Å². The Morgan fingerprint density at radius 3 is 1.79 bits per heavy atom. The fourth-order valence-corrected chi connectivity index (χ4v) is 11.0. The average Bonchev–Trinajstić information content (AvgIpc) is 3.40. The Morgan fingerprint density at radius 2 is 1.09 bits per heavy atom. The number of fused-ring (bicyclic) bond motifs is 11. The maximum atomic E-state index is 14.2. The fraction of sp³-hybridized carbons (Fsp3) is 0.0435. The van der Waals surface area contributed by atoms with Crippen LogP contribution >= 0.6 is 11.8 Å². The number of hydrogen-bond donors (Lipinski definition) is 0. The number of rotatable bonds is 2. The molecule has 3 heterocycles. The topological polar surface area (TPSA) is 49.9 Å². The molecule has 0 bridgehead atoms. The van der Waals surface area contributed by atoms with Crippen LogP contribution in [0.2, 0.25) is 0 Å². The minimum absolute atomic E-state index is 0.319. The highest BCUT2D eigenvalue weighted by Gasteiger charge is 2.37. The first kappa shape index (κ1) is 30.6. The van der Waals surface area contributed by atoms with E-state index in [1.54, 1.807) is 23.9 Å². The standard InChI is InChI=1S/C46H30N2O3S2/c1-27-11-17-37-40(23-27)51-39-19-13-29-7-3-5-9-33(29)45(39)47(37)31-15-21-43-35(25-31)36-26-32(16-22-44(36)53(43,49)50)48-38-18-12-28(2)24-42(38)52-41-20-14-30-8-4-6-10-34(30)46(41)48/h3-26H,1-2H3. The molecule has 3 aliphatic rings. The highest BCUT2D eigenvalue weighted by atomic mass is 32.2. The molecule has 3 aliphatic heterocycles. The van der Waals surface area contributed by atoms with Gasteiger partial charge >= 0.3 is 0 Å². The Morgan fingerprint density at radius 1 is 0.509 bits per heavy atom. The second kappa shape index (κ2) is 11.0. The molecule has 0 spiro atoms. The van der Waals surface area contributed by atoms with Crippen LogP contribution in [-0.4, -0.2) is 8.42 Å². The molecule has 8 aromatic rings. The van der Waals surface area contributed by atoms with Gasteiger partial charge in [0.2, 0.25) is 9.84 Å². The third kappa shape index (κ3) is 4.41. The number of nitrogens with zero attached hydrogens (tertiary/aromatic N) is 2. The molecule has 0 aliphatic carbocycles. The van der Waals surface area contributed by atoms with Crippen LogP contribution in [0.15, 0.2) is 165 Å². The average molecular weight is 723 g/mol. The second-order valence-corrected chi connectivity index (χ2v) is 16.9. The summed E-state index contributed by atoms with van der Waals surface area (Å²) in [5.41, 5.74) is 9.43. The summed E-state index contributed by atoms with van der Waals surface area (Å²) in [6.45, 7) is 4.17. The van der Waals surface area contributed by atoms with Crippen molar-refractivity contribution in [2.24, 2.45) is 0 Å². The molecule has 0 N–H and O–H groups in total. The zero-order chi connectivity index (χ0) is 35.6. The first-order valence-corrected chi connectivity index (χ1v) is 19.9. The molecular formula is C46H30N2O3S2. The van der Waals surface area contributed by atoms with E-state index in [2.05, 4.69) is 121 Å². The van der Waals surface area contributed by atoms with E-state index >= 15 is 0 Å². The Labute approximate surface area is 311 Å². The summed E-state index contributed by atoms with van der Waals surface area (Å²) in [7, 11) is -3.75. The van der Waals surface area contributed by atoms with Crippen LogP contribution < -0.4 is 14.5 Å². The largest absolute Gasteiger partial charge is 0.453 e. The van der Waals surface area contributed by atoms with Crippen molar-refractivity contribution in [3.63, 3.8) is 0 Å². The van der Waals surface area contributed by atoms with Crippen molar-refractivity contribution in [2.45, 2.75) is 33.4 Å². The fourth-order valence-electron chi connectivity index (χ4n) is 8.21. The summed E-state index contributed by atoms with van der Waals surface area (Å²) in [5, 5.41) is 4.44. The minimum Gasteiger partial charge on any atom is -0.453 e. The Kier molecular flexibility index (Phi) is 6.35. The van der Waals surface area contributed by atoms with Crippen molar-refractivity contribution >= 4 is 77.3 Å². The number of ether oxygens (including phenoxy) is 1. The van der Waals surface area contributed by atoms with E-state index in [1.165, 1.54) is 5.56 Å². The molecule has 0 saturated carbocycles. The number of hydrogen-bond acceptors (Lipinski definition) is 6. The van der Waals surface area contributed by atoms with Crippen LogP contribution in [0, 0.1) is 13.8 Å². The summed E-state index contributed by atoms with van der Waals surface area (Å²) in [6.07, 6.45) is 0. The smallest absolute Gasteiger partial charge is 0.207 e. The summed E-state index contributed by atoms with van der Waals surface area (Å²) in [6, 6.07) is 49.5. The highest BCUT2D eigenvalue weighted by Crippen LogP contribution is 2.57. The molecule has 5 nitrogen and oxygen atoms in total. The molecule has 53 heavy (non-hydrogen) atoms. The zero-order valence-corrected chi connectivity index (χ0v) is 30.4. The molecule has 0 atom stereocenters. The molecule has 7 heteroatoms. The van der Waals surface area contributed by atoms with Crippen LogP contribution in [0.3, 0.4) is 0 Å². The van der Waals surface area contributed by atoms with Crippen molar-refractivity contribution in [3.8, 4) is 22.6 Å². The third-order valence-electron chi connectivity index (χ3n) is 10.6. The van der Waals surface area contributed by atoms with Gasteiger partial charge in [0.05, 0.1) is 32.5 Å². The maximum Gasteiger partial charge on any atom is 0.207 e. The lowest BCUT2D eigenvalue weighted by molar-refractivity contribution is 0.477. The van der Waals surface area contributed by atoms with Gasteiger partial charge in [0.1, 0.15) is 0 Å². The molecule has 254 valence electrons. The first-order chi connectivity index (χ1) is 25.8. The highest BCUT2D eigenvalue weighted by molar-refractivity contribution is 7.99. The van der Waals surface area contributed by atoms with Crippen LogP contribution in [0.25, 0.3) is 32.7 Å². The van der Waals surface area contributed by atoms with Gasteiger partial charge in [0.15, 0.2) is 11.5 Å². The van der Waals surface area contributed by atoms with Crippen molar-refractivity contribution in [2.75, 3.05) is 9.80 Å². The van der Waals surface area contributed by atoms with E-state index in [0.29, 0.717) is 20.9 Å². The number of sulfone groups is 1. The summed E-state index contributed by atoms with van der Waals surface area (Å²) in [5.74, 6) is 1.51. The van der Waals surface area contributed by atoms with Gasteiger partial charge in [-0.15, -0.1) is 0 Å². The first-order valence-electron chi connectivity index (χ1n) is 17.6. The van der Waals surface area contributed by atoms with E-state index < -0.39 is 9.84 Å². The number of aryl methyl sites for hydroxylation is 2. The summed E-state index contributed by atoms with van der Waals surface area (Å²) >= 11 is 1.78. The lowest BCUT2D eigenvalue weighted by Gasteiger charge is -2.34. The van der Waals surface area contributed by atoms with E-state index in [9.17, 15) is 8.42 Å². The van der Waals surface area contributed by atoms with E-state index in [0.717, 1.165) is 82.5 Å². The monoisotopic (exact) mass is 722 g/mol. The normalized spacial score (nSPS) is 14.5. The van der Waals surface area contributed by atoms with Crippen molar-refractivity contribution in [1.82, 2.24) is 0 Å². The Bertz CT molecular complexity index is 2830. The molecule has 0 aromatic heterocycles. The third-order valence-corrected chi connectivity index (χ3v) is 13.6. The molecule has 0 saturated heterocycles. The second-order valence-electron chi connectivity index (χ2n) is 13.9. The maximum absolute atomic E-state index is 14.2. The molecule has 0 unspecified atom stereocenters. The van der Waals surface area contributed by atoms with Gasteiger partial charge < -0.3 is 14.5 Å². The van der Waals surface area contributed by atoms with Crippen LogP contribution in [0.1, 0.15) is 11.1 Å². The van der Waals surface area contributed by atoms with Gasteiger partial charge in [0.25, 0.3) is 0 Å². The zero-order valence-electron chi connectivity index (χ0n) is 28.8. The lowest BCUT2D eigenvalue weighted by atomic mass is 10.00. The van der Waals surface area contributed by atoms with Gasteiger partial charge in [-0.25, -0.2) is 8.42 Å². The van der Waals surface area contributed by atoms with Crippen LogP contribution in [0.4, 0.5) is 34.1 Å². The number of benzene rings is 8. The van der Waals surface area contributed by atoms with Crippen LogP contribution in [-0.2, 0) is 9.84 Å². The van der Waals surface area contributed by atoms with Crippen LogP contribution in [0.5, 0.6) is 11.5 Å². The molecule has 0 fully saturated rings. The number of anilines is 6. The summed E-state index contributed by atoms with van der Waals surface area (Å²) in [4.78, 5) is 7.49. The van der Waals surface area contributed by atoms with Gasteiger partial charge in [0, 0.05) is 43.1 Å². The van der Waals surface area contributed by atoms with Crippen molar-refractivity contribution in [1.29, 1.82) is 0 Å². The SMILES string of the molecule is Cc1ccc2c(c1)Oc1ccc3ccccc3c1N2c1ccc2c(c1)-c1cc(N3c4ccc(C)cc4Sc4ccc5ccccc5c43)ccc1S2(=O)=O. The van der Waals surface area contributed by atoms with E-state index in [4.69, 9.17) is 4.74 Å². The quantitative estimate of drug-likeness (QED) is 0.177. The molecule has 0 radical (unpaired) electrons. The van der Waals surface area contributed by atoms with Gasteiger partial charge in [-0.05, 0) is 109 Å². The molecule has 11 rings (SSSR count). The molecule has 8 aromatic carbocycles. The van der Waals surface area contributed by atoms with E-state index in [1.807, 2.05) is 36.4 Å². The Balaban J connectivity index is 1.14. The van der Waals surface area contributed by atoms with Gasteiger partial charge in [-0.3, -0.25) is 0 Å². The lowest BCUT2D eigenvalue weighted by Crippen LogP contribution is -2.16. The van der Waals surface area contributed by atoms with Crippen molar-refractivity contribution < 1.29 is 13.2 Å². The predicted octanol–water partition coefficient (Wildman–Crippen LogP) is 12.9. The molecular weight excluding hydrogens is 693 g/mol. The van der Waals surface area contributed by atoms with E-state index in [-0.39, 0.29) is 0 Å². The Hall–Kier alpha value is -6.02. The summed E-state index contributed by atoms with van der Waals surface area (Å²) < 4.78 is 35.0.